The second-order valence-electron chi connectivity index (χ2n) is 5.36. The van der Waals surface area contributed by atoms with Crippen molar-refractivity contribution in [1.82, 2.24) is 4.72 Å². The largest absolute Gasteiger partial charge is 0.492 e. The Hall–Kier alpha value is -2.16. The minimum absolute atomic E-state index is 0.135. The van der Waals surface area contributed by atoms with Crippen molar-refractivity contribution in [3.05, 3.63) is 53.3 Å². The van der Waals surface area contributed by atoms with Crippen LogP contribution in [0.2, 0.25) is 5.02 Å². The fraction of sp³-hybridized carbons (Fsp3) is 0.235. The molecule has 2 rings (SSSR count). The average Bonchev–Trinajstić information content (AvgIpc) is 2.58. The van der Waals surface area contributed by atoms with Gasteiger partial charge in [-0.1, -0.05) is 11.6 Å². The predicted molar refractivity (Wildman–Crippen MR) is 97.4 cm³/mol. The number of hydrogen-bond donors (Lipinski definition) is 2. The summed E-state index contributed by atoms with van der Waals surface area (Å²) in [6, 6.07) is 8.24. The summed E-state index contributed by atoms with van der Waals surface area (Å²) in [5.41, 5.74) is 0.347. The van der Waals surface area contributed by atoms with Gasteiger partial charge in [-0.2, -0.15) is 4.72 Å². The predicted octanol–water partition coefficient (Wildman–Crippen LogP) is 3.18. The number of halogens is 2. The van der Waals surface area contributed by atoms with Gasteiger partial charge in [0.1, 0.15) is 16.5 Å². The number of anilines is 1. The Balaban J connectivity index is 2.16. The second-order valence-corrected chi connectivity index (χ2v) is 7.48. The van der Waals surface area contributed by atoms with Crippen molar-refractivity contribution in [3.8, 4) is 5.75 Å². The number of nitrogens with one attached hydrogen (secondary N) is 2. The van der Waals surface area contributed by atoms with Crippen LogP contribution in [0, 0.1) is 5.82 Å². The molecule has 0 saturated carbocycles. The number of carbonyl (C=O) groups excluding carboxylic acids is 1. The molecule has 0 aliphatic rings. The molecule has 2 aromatic carbocycles. The van der Waals surface area contributed by atoms with Crippen molar-refractivity contribution in [3.63, 3.8) is 0 Å². The van der Waals surface area contributed by atoms with E-state index in [1.54, 1.807) is 6.92 Å². The maximum atomic E-state index is 12.9. The zero-order valence-corrected chi connectivity index (χ0v) is 15.7. The fourth-order valence-corrected chi connectivity index (χ4v) is 3.71. The summed E-state index contributed by atoms with van der Waals surface area (Å²) in [5.74, 6) is -0.906. The van der Waals surface area contributed by atoms with E-state index >= 15 is 0 Å². The SMILES string of the molecule is CCOc1ccc(Cl)cc1S(=O)(=O)NC(C)C(=O)Nc1ccc(F)cc1. The first kappa shape index (κ1) is 20.2. The molecule has 0 radical (unpaired) electrons. The zero-order valence-electron chi connectivity index (χ0n) is 14.1. The van der Waals surface area contributed by atoms with Gasteiger partial charge in [0.25, 0.3) is 0 Å². The summed E-state index contributed by atoms with van der Waals surface area (Å²) in [5, 5.41) is 2.72. The molecule has 0 aromatic heterocycles. The first-order valence-corrected chi connectivity index (χ1v) is 9.60. The van der Waals surface area contributed by atoms with E-state index in [0.717, 1.165) is 0 Å². The third kappa shape index (κ3) is 5.17. The first-order chi connectivity index (χ1) is 12.2. The highest BCUT2D eigenvalue weighted by atomic mass is 35.5. The Morgan fingerprint density at radius 1 is 1.23 bits per heavy atom. The summed E-state index contributed by atoms with van der Waals surface area (Å²) in [4.78, 5) is 12.0. The Morgan fingerprint density at radius 2 is 1.88 bits per heavy atom. The van der Waals surface area contributed by atoms with Crippen LogP contribution in [0.5, 0.6) is 5.75 Å². The lowest BCUT2D eigenvalue weighted by Gasteiger charge is -2.16. The number of amides is 1. The smallest absolute Gasteiger partial charge is 0.245 e. The molecule has 1 atom stereocenters. The standard InChI is InChI=1S/C17H18ClFN2O4S/c1-3-25-15-9-4-12(18)10-16(15)26(23,24)21-11(2)17(22)20-14-7-5-13(19)6-8-14/h4-11,21H,3H2,1-2H3,(H,20,22). The molecular weight excluding hydrogens is 383 g/mol. The minimum atomic E-state index is -4.06. The minimum Gasteiger partial charge on any atom is -0.492 e. The van der Waals surface area contributed by atoms with Crippen LogP contribution >= 0.6 is 11.6 Å². The summed E-state index contributed by atoms with van der Waals surface area (Å²) in [7, 11) is -4.06. The first-order valence-electron chi connectivity index (χ1n) is 7.74. The fourth-order valence-electron chi connectivity index (χ4n) is 2.10. The molecule has 1 unspecified atom stereocenters. The van der Waals surface area contributed by atoms with Crippen molar-refractivity contribution in [2.45, 2.75) is 24.8 Å². The Bertz CT molecular complexity index is 888. The Kier molecular flexibility index (Phi) is 6.57. The third-order valence-corrected chi connectivity index (χ3v) is 5.13. The van der Waals surface area contributed by atoms with Gasteiger partial charge in [-0.3, -0.25) is 4.79 Å². The number of benzene rings is 2. The number of carbonyl (C=O) groups is 1. The molecular formula is C17H18ClFN2O4S. The molecule has 0 fully saturated rings. The van der Waals surface area contributed by atoms with Gasteiger partial charge in [0, 0.05) is 10.7 Å². The highest BCUT2D eigenvalue weighted by molar-refractivity contribution is 7.89. The molecule has 6 nitrogen and oxygen atoms in total. The number of ether oxygens (including phenoxy) is 1. The van der Waals surface area contributed by atoms with Crippen molar-refractivity contribution in [2.75, 3.05) is 11.9 Å². The van der Waals surface area contributed by atoms with Crippen molar-refractivity contribution >= 4 is 33.2 Å². The number of rotatable bonds is 7. The third-order valence-electron chi connectivity index (χ3n) is 3.33. The van der Waals surface area contributed by atoms with Gasteiger partial charge in [0.05, 0.1) is 12.6 Å². The van der Waals surface area contributed by atoms with Crippen LogP contribution in [-0.2, 0) is 14.8 Å². The van der Waals surface area contributed by atoms with Gasteiger partial charge < -0.3 is 10.1 Å². The maximum absolute atomic E-state index is 12.9. The maximum Gasteiger partial charge on any atom is 0.245 e. The molecule has 9 heteroatoms. The van der Waals surface area contributed by atoms with Gasteiger partial charge >= 0.3 is 0 Å². The average molecular weight is 401 g/mol. The van der Waals surface area contributed by atoms with Gasteiger partial charge in [0.15, 0.2) is 0 Å². The number of sulfonamides is 1. The molecule has 0 aliphatic carbocycles. The van der Waals surface area contributed by atoms with E-state index < -0.39 is 27.8 Å². The van der Waals surface area contributed by atoms with Crippen LogP contribution < -0.4 is 14.8 Å². The van der Waals surface area contributed by atoms with E-state index in [1.165, 1.54) is 49.4 Å². The molecule has 2 N–H and O–H groups in total. The molecule has 2 aromatic rings. The van der Waals surface area contributed by atoms with Crippen molar-refractivity contribution in [1.29, 1.82) is 0 Å². The summed E-state index contributed by atoms with van der Waals surface area (Å²) in [6.45, 7) is 3.38. The van der Waals surface area contributed by atoms with E-state index in [9.17, 15) is 17.6 Å². The van der Waals surface area contributed by atoms with Crippen LogP contribution in [-0.4, -0.2) is 27.0 Å². The Labute approximate surface area is 156 Å². The van der Waals surface area contributed by atoms with Crippen molar-refractivity contribution < 1.29 is 22.3 Å². The topological polar surface area (TPSA) is 84.5 Å². The van der Waals surface area contributed by atoms with Gasteiger partial charge in [0.2, 0.25) is 15.9 Å². The summed E-state index contributed by atoms with van der Waals surface area (Å²) >= 11 is 5.88. The van der Waals surface area contributed by atoms with E-state index in [1.807, 2.05) is 0 Å². The molecule has 0 aliphatic heterocycles. The second kappa shape index (κ2) is 8.48. The lowest BCUT2D eigenvalue weighted by molar-refractivity contribution is -0.117. The van der Waals surface area contributed by atoms with Crippen LogP contribution in [0.3, 0.4) is 0 Å². The van der Waals surface area contributed by atoms with E-state index in [-0.39, 0.29) is 22.3 Å². The van der Waals surface area contributed by atoms with Gasteiger partial charge in [-0.25, -0.2) is 12.8 Å². The lowest BCUT2D eigenvalue weighted by Crippen LogP contribution is -2.41. The number of hydrogen-bond acceptors (Lipinski definition) is 4. The van der Waals surface area contributed by atoms with Gasteiger partial charge in [-0.05, 0) is 56.3 Å². The molecule has 0 bridgehead atoms. The van der Waals surface area contributed by atoms with E-state index in [4.69, 9.17) is 16.3 Å². The highest BCUT2D eigenvalue weighted by Crippen LogP contribution is 2.27. The highest BCUT2D eigenvalue weighted by Gasteiger charge is 2.25. The van der Waals surface area contributed by atoms with Crippen LogP contribution in [0.1, 0.15) is 13.8 Å². The van der Waals surface area contributed by atoms with Gasteiger partial charge in [-0.15, -0.1) is 0 Å². The monoisotopic (exact) mass is 400 g/mol. The molecule has 140 valence electrons. The normalized spacial score (nSPS) is 12.5. The van der Waals surface area contributed by atoms with Crippen LogP contribution in [0.15, 0.2) is 47.4 Å². The van der Waals surface area contributed by atoms with E-state index in [0.29, 0.717) is 5.69 Å². The van der Waals surface area contributed by atoms with Crippen LogP contribution in [0.25, 0.3) is 0 Å². The Morgan fingerprint density at radius 3 is 2.50 bits per heavy atom. The summed E-state index contributed by atoms with van der Waals surface area (Å²) in [6.07, 6.45) is 0. The molecule has 1 amide bonds. The van der Waals surface area contributed by atoms with E-state index in [2.05, 4.69) is 10.0 Å². The molecule has 26 heavy (non-hydrogen) atoms. The van der Waals surface area contributed by atoms with Crippen LogP contribution in [0.4, 0.5) is 10.1 Å². The molecule has 0 saturated heterocycles. The zero-order chi connectivity index (χ0) is 19.3. The summed E-state index contributed by atoms with van der Waals surface area (Å²) < 4.78 is 45.7. The quantitative estimate of drug-likeness (QED) is 0.747. The molecule has 0 spiro atoms. The lowest BCUT2D eigenvalue weighted by atomic mass is 10.3. The molecule has 0 heterocycles. The van der Waals surface area contributed by atoms with Crippen molar-refractivity contribution in [2.24, 2.45) is 0 Å².